The summed E-state index contributed by atoms with van der Waals surface area (Å²) in [6, 6.07) is 29.2. The lowest BCUT2D eigenvalue weighted by Crippen LogP contribution is -1.99. The van der Waals surface area contributed by atoms with Gasteiger partial charge in [0.15, 0.2) is 5.16 Å². The van der Waals surface area contributed by atoms with Gasteiger partial charge in [0, 0.05) is 23.1 Å². The Bertz CT molecular complexity index is 1040. The van der Waals surface area contributed by atoms with Crippen LogP contribution in [0.5, 0.6) is 5.75 Å². The fraction of sp³-hybridized carbons (Fsp3) is 0.0435. The Morgan fingerprint density at radius 1 is 0.786 bits per heavy atom. The molecule has 138 valence electrons. The van der Waals surface area contributed by atoms with Crippen molar-refractivity contribution in [1.82, 2.24) is 9.97 Å². The predicted molar refractivity (Wildman–Crippen MR) is 115 cm³/mol. The van der Waals surface area contributed by atoms with E-state index in [1.54, 1.807) is 23.9 Å². The zero-order valence-electron chi connectivity index (χ0n) is 15.1. The van der Waals surface area contributed by atoms with E-state index in [0.717, 1.165) is 28.5 Å². The third kappa shape index (κ3) is 4.69. The van der Waals surface area contributed by atoms with Gasteiger partial charge in [-0.15, -0.1) is 0 Å². The molecule has 0 saturated carbocycles. The summed E-state index contributed by atoms with van der Waals surface area (Å²) in [7, 11) is 0. The Morgan fingerprint density at radius 3 is 2.18 bits per heavy atom. The summed E-state index contributed by atoms with van der Waals surface area (Å²) in [5.74, 6) is 1.75. The van der Waals surface area contributed by atoms with Crippen LogP contribution in [0.15, 0.2) is 96.2 Å². The van der Waals surface area contributed by atoms with Gasteiger partial charge in [-0.1, -0.05) is 72.4 Å². The van der Waals surface area contributed by atoms with Crippen LogP contribution in [0, 0.1) is 0 Å². The lowest BCUT2D eigenvalue weighted by molar-refractivity contribution is 0.475. The van der Waals surface area contributed by atoms with Gasteiger partial charge in [0.05, 0.1) is 5.69 Å². The first-order valence-corrected chi connectivity index (χ1v) is 9.92. The van der Waals surface area contributed by atoms with Crippen molar-refractivity contribution >= 4 is 23.3 Å². The van der Waals surface area contributed by atoms with E-state index >= 15 is 0 Å². The Hall–Kier alpha value is -3.31. The number of anilines is 2. The molecule has 4 aromatic rings. The van der Waals surface area contributed by atoms with Crippen LogP contribution in [0.4, 0.5) is 11.5 Å². The van der Waals surface area contributed by atoms with Gasteiger partial charge >= 0.3 is 0 Å². The van der Waals surface area contributed by atoms with Gasteiger partial charge in [-0.05, 0) is 29.8 Å². The van der Waals surface area contributed by atoms with E-state index < -0.39 is 0 Å². The van der Waals surface area contributed by atoms with Crippen LogP contribution >= 0.6 is 11.8 Å². The first-order valence-electron chi connectivity index (χ1n) is 8.93. The van der Waals surface area contributed by atoms with Gasteiger partial charge in [-0.2, -0.15) is 0 Å². The molecule has 0 saturated heterocycles. The molecular weight excluding hydrogens is 366 g/mol. The van der Waals surface area contributed by atoms with Crippen molar-refractivity contribution in [2.24, 2.45) is 0 Å². The normalized spacial score (nSPS) is 10.6. The summed E-state index contributed by atoms with van der Waals surface area (Å²) in [4.78, 5) is 9.42. The molecule has 0 fully saturated rings. The number of nitrogens with one attached hydrogen (secondary N) is 1. The number of benzene rings is 3. The monoisotopic (exact) mass is 385 g/mol. The van der Waals surface area contributed by atoms with Crippen LogP contribution in [0.1, 0.15) is 5.56 Å². The summed E-state index contributed by atoms with van der Waals surface area (Å²) in [5, 5.41) is 13.5. The van der Waals surface area contributed by atoms with Crippen LogP contribution in [-0.2, 0) is 5.75 Å². The fourth-order valence-corrected chi connectivity index (χ4v) is 3.54. The van der Waals surface area contributed by atoms with E-state index in [1.807, 2.05) is 66.7 Å². The van der Waals surface area contributed by atoms with Crippen molar-refractivity contribution in [2.45, 2.75) is 10.9 Å². The minimum atomic E-state index is 0.234. The molecule has 2 N–H and O–H groups in total. The molecule has 0 radical (unpaired) electrons. The average Bonchev–Trinajstić information content (AvgIpc) is 2.75. The topological polar surface area (TPSA) is 58.0 Å². The molecule has 0 spiro atoms. The smallest absolute Gasteiger partial charge is 0.190 e. The SMILES string of the molecule is Oc1ccc(Nc2cc(-c3ccccc3)nc(SCc3ccccc3)n2)cc1. The highest BCUT2D eigenvalue weighted by atomic mass is 32.2. The number of thioether (sulfide) groups is 1. The Balaban J connectivity index is 1.63. The maximum Gasteiger partial charge on any atom is 0.190 e. The lowest BCUT2D eigenvalue weighted by atomic mass is 10.1. The zero-order valence-corrected chi connectivity index (χ0v) is 15.9. The minimum Gasteiger partial charge on any atom is -0.508 e. The molecule has 0 atom stereocenters. The second-order valence-corrected chi connectivity index (χ2v) is 7.18. The number of hydrogen-bond acceptors (Lipinski definition) is 5. The van der Waals surface area contributed by atoms with Gasteiger partial charge in [0.2, 0.25) is 0 Å². The van der Waals surface area contributed by atoms with Crippen molar-refractivity contribution in [2.75, 3.05) is 5.32 Å². The van der Waals surface area contributed by atoms with Crippen molar-refractivity contribution in [3.8, 4) is 17.0 Å². The van der Waals surface area contributed by atoms with Gasteiger partial charge in [-0.25, -0.2) is 9.97 Å². The van der Waals surface area contributed by atoms with Crippen molar-refractivity contribution in [1.29, 1.82) is 0 Å². The Kier molecular flexibility index (Phi) is 5.54. The van der Waals surface area contributed by atoms with Gasteiger partial charge in [0.25, 0.3) is 0 Å². The third-order valence-electron chi connectivity index (χ3n) is 4.13. The van der Waals surface area contributed by atoms with Crippen LogP contribution in [0.25, 0.3) is 11.3 Å². The summed E-state index contributed by atoms with van der Waals surface area (Å²) in [6.07, 6.45) is 0. The van der Waals surface area contributed by atoms with Gasteiger partial charge < -0.3 is 10.4 Å². The highest BCUT2D eigenvalue weighted by Crippen LogP contribution is 2.27. The molecule has 0 amide bonds. The molecule has 0 bridgehead atoms. The molecule has 4 rings (SSSR count). The zero-order chi connectivity index (χ0) is 19.2. The molecular formula is C23H19N3OS. The largest absolute Gasteiger partial charge is 0.508 e. The Morgan fingerprint density at radius 2 is 1.46 bits per heavy atom. The first-order chi connectivity index (χ1) is 13.8. The Labute approximate surface area is 168 Å². The van der Waals surface area contributed by atoms with E-state index in [2.05, 4.69) is 22.4 Å². The molecule has 0 aliphatic rings. The number of phenolic OH excluding ortho intramolecular Hbond substituents is 1. The van der Waals surface area contributed by atoms with Gasteiger partial charge in [0.1, 0.15) is 11.6 Å². The molecule has 5 heteroatoms. The van der Waals surface area contributed by atoms with E-state index in [9.17, 15) is 5.11 Å². The van der Waals surface area contributed by atoms with Crippen molar-refractivity contribution in [3.05, 3.63) is 96.6 Å². The number of aromatic nitrogens is 2. The van der Waals surface area contributed by atoms with E-state index in [1.165, 1.54) is 5.56 Å². The second kappa shape index (κ2) is 8.59. The van der Waals surface area contributed by atoms with Gasteiger partial charge in [-0.3, -0.25) is 0 Å². The summed E-state index contributed by atoms with van der Waals surface area (Å²) in [5.41, 5.74) is 4.00. The number of nitrogens with zero attached hydrogens (tertiary/aromatic N) is 2. The number of phenols is 1. The number of hydrogen-bond donors (Lipinski definition) is 2. The average molecular weight is 385 g/mol. The number of rotatable bonds is 6. The number of aromatic hydroxyl groups is 1. The van der Waals surface area contributed by atoms with E-state index in [4.69, 9.17) is 4.98 Å². The molecule has 0 aliphatic carbocycles. The summed E-state index contributed by atoms with van der Waals surface area (Å²) >= 11 is 1.61. The molecule has 4 nitrogen and oxygen atoms in total. The first kappa shape index (κ1) is 18.1. The maximum atomic E-state index is 9.48. The van der Waals surface area contributed by atoms with Crippen molar-refractivity contribution in [3.63, 3.8) is 0 Å². The summed E-state index contributed by atoms with van der Waals surface area (Å²) < 4.78 is 0. The molecule has 1 heterocycles. The molecule has 1 aromatic heterocycles. The fourth-order valence-electron chi connectivity index (χ4n) is 2.73. The molecule has 3 aromatic carbocycles. The summed E-state index contributed by atoms with van der Waals surface area (Å²) in [6.45, 7) is 0. The second-order valence-electron chi connectivity index (χ2n) is 6.23. The quantitative estimate of drug-likeness (QED) is 0.246. The van der Waals surface area contributed by atoms with Crippen molar-refractivity contribution < 1.29 is 5.11 Å². The van der Waals surface area contributed by atoms with Crippen LogP contribution in [-0.4, -0.2) is 15.1 Å². The predicted octanol–water partition coefficient (Wildman–Crippen LogP) is 5.89. The van der Waals surface area contributed by atoms with E-state index in [-0.39, 0.29) is 5.75 Å². The maximum absolute atomic E-state index is 9.48. The lowest BCUT2D eigenvalue weighted by Gasteiger charge is -2.10. The van der Waals surface area contributed by atoms with Crippen LogP contribution in [0.2, 0.25) is 0 Å². The molecule has 0 unspecified atom stereocenters. The minimum absolute atomic E-state index is 0.234. The highest BCUT2D eigenvalue weighted by molar-refractivity contribution is 7.98. The third-order valence-corrected chi connectivity index (χ3v) is 5.04. The van der Waals surface area contributed by atoms with Crippen LogP contribution < -0.4 is 5.32 Å². The molecule has 28 heavy (non-hydrogen) atoms. The van der Waals surface area contributed by atoms with Crippen LogP contribution in [0.3, 0.4) is 0 Å². The van der Waals surface area contributed by atoms with E-state index in [0.29, 0.717) is 5.16 Å². The highest BCUT2D eigenvalue weighted by Gasteiger charge is 2.08. The molecule has 0 aliphatic heterocycles. The standard InChI is InChI=1S/C23H19N3OS/c27-20-13-11-19(12-14-20)24-22-15-21(18-9-5-2-6-10-18)25-23(26-22)28-16-17-7-3-1-4-8-17/h1-15,27H,16H2,(H,24,25,26).